The minimum atomic E-state index is 0.899. The number of hydrogen-bond donors (Lipinski definition) is 0. The average molecular weight is 714 g/mol. The van der Waals surface area contributed by atoms with Crippen molar-refractivity contribution < 1.29 is 4.42 Å². The van der Waals surface area contributed by atoms with Gasteiger partial charge >= 0.3 is 0 Å². The molecular formula is C54H35NO. The maximum atomic E-state index is 6.54. The first-order valence-corrected chi connectivity index (χ1v) is 19.2. The SMILES string of the molecule is c1ccc(-c2c(-c3ccccc3)c3cc(N(c4cccc(-c5cccc6c5oc5ccccc56)c4)c4cccc5ccccc45)ccc3c3ccccc23)cc1. The molecule has 0 atom stereocenters. The van der Waals surface area contributed by atoms with E-state index in [1.165, 1.54) is 54.6 Å². The molecule has 2 nitrogen and oxygen atoms in total. The van der Waals surface area contributed by atoms with Gasteiger partial charge in [0.25, 0.3) is 0 Å². The zero-order valence-electron chi connectivity index (χ0n) is 30.6. The van der Waals surface area contributed by atoms with Crippen molar-refractivity contribution in [1.82, 2.24) is 0 Å². The molecule has 0 aliphatic heterocycles. The molecule has 0 N–H and O–H groups in total. The number of nitrogens with zero attached hydrogens (tertiary/aromatic N) is 1. The molecule has 10 aromatic carbocycles. The van der Waals surface area contributed by atoms with Gasteiger partial charge in [-0.05, 0) is 91.1 Å². The van der Waals surface area contributed by atoms with E-state index < -0.39 is 0 Å². The highest BCUT2D eigenvalue weighted by molar-refractivity contribution is 6.22. The van der Waals surface area contributed by atoms with Crippen LogP contribution in [0.15, 0.2) is 217 Å². The van der Waals surface area contributed by atoms with Crippen molar-refractivity contribution in [2.45, 2.75) is 0 Å². The molecule has 0 radical (unpaired) electrons. The van der Waals surface area contributed by atoms with E-state index in [1.54, 1.807) is 0 Å². The van der Waals surface area contributed by atoms with Crippen LogP contribution in [0.4, 0.5) is 17.1 Å². The molecular weight excluding hydrogens is 679 g/mol. The van der Waals surface area contributed by atoms with Gasteiger partial charge in [0.2, 0.25) is 0 Å². The van der Waals surface area contributed by atoms with E-state index in [4.69, 9.17) is 4.42 Å². The molecule has 2 heteroatoms. The molecule has 0 bridgehead atoms. The maximum Gasteiger partial charge on any atom is 0.143 e. The van der Waals surface area contributed by atoms with Crippen molar-refractivity contribution >= 4 is 71.3 Å². The van der Waals surface area contributed by atoms with E-state index in [-0.39, 0.29) is 0 Å². The van der Waals surface area contributed by atoms with Gasteiger partial charge in [-0.15, -0.1) is 0 Å². The topological polar surface area (TPSA) is 16.4 Å². The molecule has 0 aliphatic carbocycles. The molecule has 1 aromatic heterocycles. The summed E-state index contributed by atoms with van der Waals surface area (Å²) < 4.78 is 6.54. The van der Waals surface area contributed by atoms with Crippen LogP contribution in [0, 0.1) is 0 Å². The van der Waals surface area contributed by atoms with Gasteiger partial charge in [-0.25, -0.2) is 0 Å². The second-order valence-electron chi connectivity index (χ2n) is 14.4. The van der Waals surface area contributed by atoms with Gasteiger partial charge in [0.15, 0.2) is 0 Å². The number of benzene rings is 10. The second-order valence-corrected chi connectivity index (χ2v) is 14.4. The number of para-hydroxylation sites is 2. The molecule has 0 spiro atoms. The highest BCUT2D eigenvalue weighted by atomic mass is 16.3. The first kappa shape index (κ1) is 32.0. The van der Waals surface area contributed by atoms with Gasteiger partial charge in [-0.1, -0.05) is 176 Å². The number of fused-ring (bicyclic) bond motifs is 7. The minimum absolute atomic E-state index is 0.899. The normalized spacial score (nSPS) is 11.6. The summed E-state index contributed by atoms with van der Waals surface area (Å²) in [5.41, 5.74) is 12.1. The van der Waals surface area contributed by atoms with Gasteiger partial charge in [-0.3, -0.25) is 0 Å². The Morgan fingerprint density at radius 1 is 0.321 bits per heavy atom. The fourth-order valence-electron chi connectivity index (χ4n) is 8.75. The summed E-state index contributed by atoms with van der Waals surface area (Å²) in [6.45, 7) is 0. The fourth-order valence-corrected chi connectivity index (χ4v) is 8.75. The molecule has 0 aliphatic rings. The number of furan rings is 1. The first-order chi connectivity index (χ1) is 27.8. The van der Waals surface area contributed by atoms with Gasteiger partial charge in [0.05, 0.1) is 5.69 Å². The van der Waals surface area contributed by atoms with Crippen LogP contribution in [0.2, 0.25) is 0 Å². The fraction of sp³-hybridized carbons (Fsp3) is 0. The Balaban J connectivity index is 1.20. The van der Waals surface area contributed by atoms with Crippen molar-refractivity contribution in [2.75, 3.05) is 4.90 Å². The predicted octanol–water partition coefficient (Wildman–Crippen LogP) is 15.5. The Morgan fingerprint density at radius 3 is 1.68 bits per heavy atom. The summed E-state index contributed by atoms with van der Waals surface area (Å²) >= 11 is 0. The summed E-state index contributed by atoms with van der Waals surface area (Å²) in [7, 11) is 0. The highest BCUT2D eigenvalue weighted by Crippen LogP contribution is 2.48. The van der Waals surface area contributed by atoms with Gasteiger partial charge in [-0.2, -0.15) is 0 Å². The third-order valence-electron chi connectivity index (χ3n) is 11.2. The lowest BCUT2D eigenvalue weighted by Gasteiger charge is -2.28. The van der Waals surface area contributed by atoms with E-state index >= 15 is 0 Å². The lowest BCUT2D eigenvalue weighted by molar-refractivity contribution is 0.670. The number of hydrogen-bond acceptors (Lipinski definition) is 2. The van der Waals surface area contributed by atoms with E-state index in [1.807, 2.05) is 12.1 Å². The molecule has 1 heterocycles. The van der Waals surface area contributed by atoms with E-state index in [9.17, 15) is 0 Å². The third-order valence-corrected chi connectivity index (χ3v) is 11.2. The van der Waals surface area contributed by atoms with E-state index in [0.717, 1.165) is 50.1 Å². The molecule has 0 fully saturated rings. The standard InChI is InChI=1S/C54H35NO/c1-3-17-37(18-4-1)52-47-27-10-9-25-44(47)45-33-32-41(35-49(45)53(52)38-19-5-2-6-20-38)55(50-30-14-21-36-16-7-8-24-42(36)50)40-23-13-22-39(34-40)43-28-15-29-48-46-26-11-12-31-51(46)56-54(43)48/h1-35H. The molecule has 56 heavy (non-hydrogen) atoms. The van der Waals surface area contributed by atoms with Gasteiger partial charge in [0, 0.05) is 33.1 Å². The largest absolute Gasteiger partial charge is 0.455 e. The summed E-state index contributed by atoms with van der Waals surface area (Å²) in [6.07, 6.45) is 0. The predicted molar refractivity (Wildman–Crippen MR) is 237 cm³/mol. The van der Waals surface area contributed by atoms with Gasteiger partial charge in [0.1, 0.15) is 11.2 Å². The minimum Gasteiger partial charge on any atom is -0.455 e. The Labute approximate surface area is 325 Å². The van der Waals surface area contributed by atoms with Crippen molar-refractivity contribution in [2.24, 2.45) is 0 Å². The van der Waals surface area contributed by atoms with Crippen LogP contribution in [-0.2, 0) is 0 Å². The summed E-state index contributed by atoms with van der Waals surface area (Å²) in [6, 6.07) is 76.5. The first-order valence-electron chi connectivity index (χ1n) is 19.2. The van der Waals surface area contributed by atoms with Crippen LogP contribution >= 0.6 is 0 Å². The Kier molecular flexibility index (Phi) is 7.53. The monoisotopic (exact) mass is 713 g/mol. The van der Waals surface area contributed by atoms with Crippen LogP contribution in [0.25, 0.3) is 87.6 Å². The number of rotatable bonds is 6. The summed E-state index contributed by atoms with van der Waals surface area (Å²) in [5.74, 6) is 0. The third kappa shape index (κ3) is 5.19. The lowest BCUT2D eigenvalue weighted by atomic mass is 9.85. The molecule has 0 saturated heterocycles. The Bertz CT molecular complexity index is 3250. The maximum absolute atomic E-state index is 6.54. The summed E-state index contributed by atoms with van der Waals surface area (Å²) in [4.78, 5) is 2.43. The zero-order valence-corrected chi connectivity index (χ0v) is 30.6. The lowest BCUT2D eigenvalue weighted by Crippen LogP contribution is -2.10. The molecule has 11 rings (SSSR count). The molecule has 0 saturated carbocycles. The Hall–Kier alpha value is -7.42. The quantitative estimate of drug-likeness (QED) is 0.160. The van der Waals surface area contributed by atoms with Crippen molar-refractivity contribution in [3.8, 4) is 33.4 Å². The van der Waals surface area contributed by atoms with Crippen molar-refractivity contribution in [3.05, 3.63) is 212 Å². The van der Waals surface area contributed by atoms with Crippen LogP contribution in [0.1, 0.15) is 0 Å². The Morgan fingerprint density at radius 2 is 0.875 bits per heavy atom. The van der Waals surface area contributed by atoms with Gasteiger partial charge < -0.3 is 9.32 Å². The van der Waals surface area contributed by atoms with Crippen LogP contribution in [-0.4, -0.2) is 0 Å². The van der Waals surface area contributed by atoms with Crippen LogP contribution in [0.3, 0.4) is 0 Å². The molecule has 0 amide bonds. The van der Waals surface area contributed by atoms with Crippen molar-refractivity contribution in [1.29, 1.82) is 0 Å². The second kappa shape index (κ2) is 13.2. The van der Waals surface area contributed by atoms with Crippen LogP contribution < -0.4 is 4.90 Å². The van der Waals surface area contributed by atoms with E-state index in [2.05, 4.69) is 205 Å². The van der Waals surface area contributed by atoms with E-state index in [0.29, 0.717) is 0 Å². The zero-order chi connectivity index (χ0) is 37.0. The van der Waals surface area contributed by atoms with Crippen molar-refractivity contribution in [3.63, 3.8) is 0 Å². The number of anilines is 3. The summed E-state index contributed by atoms with van der Waals surface area (Å²) in [5, 5.41) is 9.56. The molecule has 11 aromatic rings. The van der Waals surface area contributed by atoms with Crippen LogP contribution in [0.5, 0.6) is 0 Å². The average Bonchev–Trinajstić information content (AvgIpc) is 3.66. The smallest absolute Gasteiger partial charge is 0.143 e. The molecule has 262 valence electrons. The highest BCUT2D eigenvalue weighted by Gasteiger charge is 2.22. The molecule has 0 unspecified atom stereocenters.